The Balaban J connectivity index is 1.09. The summed E-state index contributed by atoms with van der Waals surface area (Å²) >= 11 is 0. The first-order chi connectivity index (χ1) is 36.5. The minimum atomic E-state index is -0.155. The van der Waals surface area contributed by atoms with Crippen molar-refractivity contribution < 1.29 is 9.15 Å². The Labute approximate surface area is 457 Å². The van der Waals surface area contributed by atoms with Crippen LogP contribution in [0.15, 0.2) is 162 Å². The second kappa shape index (κ2) is 16.1. The van der Waals surface area contributed by atoms with Crippen LogP contribution in [0.2, 0.25) is 0 Å². The third-order valence-corrected chi connectivity index (χ3v) is 18.1. The zero-order valence-corrected chi connectivity index (χ0v) is 47.2. The Bertz CT molecular complexity index is 3940. The molecule has 4 aliphatic heterocycles. The van der Waals surface area contributed by atoms with Crippen LogP contribution in [-0.4, -0.2) is 13.4 Å². The van der Waals surface area contributed by atoms with Gasteiger partial charge in [-0.15, -0.1) is 0 Å². The van der Waals surface area contributed by atoms with Crippen LogP contribution in [0.3, 0.4) is 0 Å². The number of para-hydroxylation sites is 3. The van der Waals surface area contributed by atoms with Crippen molar-refractivity contribution in [1.29, 1.82) is 0 Å². The molecule has 0 radical (unpaired) electrons. The molecule has 0 spiro atoms. The molecule has 0 amide bonds. The van der Waals surface area contributed by atoms with Gasteiger partial charge in [-0.1, -0.05) is 163 Å². The molecule has 7 heteroatoms. The molecule has 5 nitrogen and oxygen atoms in total. The average molecular weight is 1010 g/mol. The molecule has 0 atom stereocenters. The van der Waals surface area contributed by atoms with Crippen molar-refractivity contribution in [2.24, 2.45) is 0 Å². The highest BCUT2D eigenvalue weighted by atomic mass is 16.5. The molecule has 9 aromatic rings. The number of ether oxygens (including phenoxy) is 1. The average Bonchev–Trinajstić information content (AvgIpc) is 3.86. The van der Waals surface area contributed by atoms with E-state index in [1.54, 1.807) is 0 Å². The van der Waals surface area contributed by atoms with E-state index in [2.05, 4.69) is 262 Å². The maximum absolute atomic E-state index is 7.26. The Morgan fingerprint density at radius 3 is 1.53 bits per heavy atom. The fourth-order valence-electron chi connectivity index (χ4n) is 13.7. The second-order valence-electron chi connectivity index (χ2n) is 27.3. The van der Waals surface area contributed by atoms with Crippen molar-refractivity contribution in [3.05, 3.63) is 186 Å². The number of rotatable bonds is 3. The monoisotopic (exact) mass is 1010 g/mol. The fraction of sp³-hybridized carbons (Fsp3) is 0.286. The van der Waals surface area contributed by atoms with Crippen molar-refractivity contribution in [1.82, 2.24) is 0 Å². The summed E-state index contributed by atoms with van der Waals surface area (Å²) in [6.45, 7) is 30.2. The number of hydrogen-bond donors (Lipinski definition) is 0. The SMILES string of the molecule is CC(C)(C)c1cc2c3c(c1)N(c1ccccc1)c1cc4c(cc1B3c1cc3cc(C(C)(C)C)oc3cc1O2)B1c2ccccc2N(c2ccc3c(c2)C(C)(C)CCC3(C)C)c2cc(C(C)(C)C)cc(c21)N4c1ccccc1. The highest BCUT2D eigenvalue weighted by Gasteiger charge is 2.49. The third kappa shape index (κ3) is 7.21. The Hall–Kier alpha value is -7.37. The standard InChI is InChI=1S/C70H69B2N3O2/c1-66(2,3)43-34-57-64-58(35-43)75(47-28-29-48-49(38-47)70(12,13)31-30-69(48,10)11)54-27-21-20-26-50(54)71(64)51-39-52-56(40-55(51)73(57)45-22-16-14-17-23-45)74(46-24-18-15-19-25-46)59-36-44(67(4,5)6)37-62-65(59)72(52)53-32-42-33-63(68(7,8)9)77-60(42)41-61(53)76-62/h14-29,32-41H,30-31H2,1-13H3. The van der Waals surface area contributed by atoms with E-state index in [4.69, 9.17) is 9.15 Å². The molecule has 0 bridgehead atoms. The molecule has 14 rings (SSSR count). The van der Waals surface area contributed by atoms with Gasteiger partial charge in [-0.25, -0.2) is 0 Å². The van der Waals surface area contributed by atoms with Gasteiger partial charge in [0.2, 0.25) is 0 Å². The van der Waals surface area contributed by atoms with Crippen LogP contribution >= 0.6 is 0 Å². The first-order valence-corrected chi connectivity index (χ1v) is 28.1. The minimum Gasteiger partial charge on any atom is -0.460 e. The molecule has 1 aromatic heterocycles. The minimum absolute atomic E-state index is 0.0506. The summed E-state index contributed by atoms with van der Waals surface area (Å²) in [6.07, 6.45) is 2.34. The molecule has 0 fully saturated rings. The van der Waals surface area contributed by atoms with E-state index < -0.39 is 0 Å². The van der Waals surface area contributed by atoms with Crippen molar-refractivity contribution in [3.63, 3.8) is 0 Å². The molecule has 8 aromatic carbocycles. The van der Waals surface area contributed by atoms with Crippen molar-refractivity contribution in [2.75, 3.05) is 14.7 Å². The van der Waals surface area contributed by atoms with Crippen LogP contribution in [-0.2, 0) is 27.1 Å². The normalized spacial score (nSPS) is 16.5. The zero-order chi connectivity index (χ0) is 53.5. The second-order valence-corrected chi connectivity index (χ2v) is 27.3. The van der Waals surface area contributed by atoms with Crippen molar-refractivity contribution >= 4 is 108 Å². The van der Waals surface area contributed by atoms with Gasteiger partial charge < -0.3 is 23.9 Å². The highest BCUT2D eigenvalue weighted by Crippen LogP contribution is 2.52. The lowest BCUT2D eigenvalue weighted by Gasteiger charge is -2.47. The van der Waals surface area contributed by atoms with Gasteiger partial charge in [0.25, 0.3) is 13.4 Å². The van der Waals surface area contributed by atoms with Gasteiger partial charge in [0.15, 0.2) is 0 Å². The number of nitrogens with zero attached hydrogens (tertiary/aromatic N) is 3. The van der Waals surface area contributed by atoms with Gasteiger partial charge in [-0.2, -0.15) is 0 Å². The van der Waals surface area contributed by atoms with E-state index in [1.807, 2.05) is 0 Å². The number of fused-ring (bicyclic) bond motifs is 10. The molecular formula is C70H69B2N3O2. The summed E-state index contributed by atoms with van der Waals surface area (Å²) in [5.41, 5.74) is 24.2. The van der Waals surface area contributed by atoms with E-state index >= 15 is 0 Å². The van der Waals surface area contributed by atoms with Crippen LogP contribution in [0.4, 0.5) is 51.2 Å². The molecule has 77 heavy (non-hydrogen) atoms. The predicted octanol–water partition coefficient (Wildman–Crippen LogP) is 15.2. The molecule has 382 valence electrons. The zero-order valence-electron chi connectivity index (χ0n) is 47.2. The summed E-state index contributed by atoms with van der Waals surface area (Å²) < 4.78 is 13.9. The summed E-state index contributed by atoms with van der Waals surface area (Å²) in [6, 6.07) is 60.6. The van der Waals surface area contributed by atoms with Crippen molar-refractivity contribution in [3.8, 4) is 11.5 Å². The molecule has 0 saturated heterocycles. The van der Waals surface area contributed by atoms with E-state index in [0.717, 1.165) is 57.2 Å². The molecular weight excluding hydrogens is 936 g/mol. The highest BCUT2D eigenvalue weighted by molar-refractivity contribution is 7.02. The number of furan rings is 1. The Morgan fingerprint density at radius 2 is 0.935 bits per heavy atom. The lowest BCUT2D eigenvalue weighted by Crippen LogP contribution is -2.64. The number of benzene rings is 8. The van der Waals surface area contributed by atoms with Crippen LogP contribution in [0, 0.1) is 0 Å². The summed E-state index contributed by atoms with van der Waals surface area (Å²) in [4.78, 5) is 7.75. The third-order valence-electron chi connectivity index (χ3n) is 18.1. The number of hydrogen-bond acceptors (Lipinski definition) is 5. The van der Waals surface area contributed by atoms with E-state index in [0.29, 0.717) is 0 Å². The van der Waals surface area contributed by atoms with Crippen LogP contribution in [0.1, 0.15) is 131 Å². The Kier molecular flexibility index (Phi) is 10.0. The smallest absolute Gasteiger partial charge is 0.256 e. The molecule has 1 aliphatic carbocycles. The van der Waals surface area contributed by atoms with Crippen LogP contribution in [0.25, 0.3) is 11.0 Å². The van der Waals surface area contributed by atoms with Crippen LogP contribution in [0.5, 0.6) is 11.5 Å². The summed E-state index contributed by atoms with van der Waals surface area (Å²) in [5.74, 6) is 2.72. The lowest BCUT2D eigenvalue weighted by atomic mass is 9.30. The van der Waals surface area contributed by atoms with Gasteiger partial charge in [0.05, 0.1) is 0 Å². The molecule has 0 N–H and O–H groups in total. The van der Waals surface area contributed by atoms with E-state index in [1.165, 1.54) is 90.1 Å². The molecule has 0 saturated carbocycles. The molecule has 5 heterocycles. The van der Waals surface area contributed by atoms with Gasteiger partial charge in [-0.3, -0.25) is 0 Å². The molecule has 0 unspecified atom stereocenters. The predicted molar refractivity (Wildman–Crippen MR) is 327 cm³/mol. The first kappa shape index (κ1) is 48.0. The fourth-order valence-corrected chi connectivity index (χ4v) is 13.7. The molecule has 5 aliphatic rings. The van der Waals surface area contributed by atoms with E-state index in [9.17, 15) is 0 Å². The quantitative estimate of drug-likeness (QED) is 0.165. The first-order valence-electron chi connectivity index (χ1n) is 28.1. The lowest BCUT2D eigenvalue weighted by molar-refractivity contribution is 0.332. The maximum Gasteiger partial charge on any atom is 0.256 e. The van der Waals surface area contributed by atoms with Gasteiger partial charge in [0.1, 0.15) is 22.8 Å². The van der Waals surface area contributed by atoms with Gasteiger partial charge in [-0.05, 0) is 168 Å². The Morgan fingerprint density at radius 1 is 0.403 bits per heavy atom. The van der Waals surface area contributed by atoms with E-state index in [-0.39, 0.29) is 40.5 Å². The summed E-state index contributed by atoms with van der Waals surface area (Å²) in [5, 5.41) is 1.09. The maximum atomic E-state index is 7.26. The summed E-state index contributed by atoms with van der Waals surface area (Å²) in [7, 11) is 0. The van der Waals surface area contributed by atoms with Crippen LogP contribution < -0.4 is 52.2 Å². The largest absolute Gasteiger partial charge is 0.460 e. The van der Waals surface area contributed by atoms with Gasteiger partial charge >= 0.3 is 0 Å². The number of anilines is 9. The van der Waals surface area contributed by atoms with Gasteiger partial charge in [0, 0.05) is 68.1 Å². The van der Waals surface area contributed by atoms with Crippen molar-refractivity contribution in [2.45, 2.75) is 130 Å². The topological polar surface area (TPSA) is 32.1 Å².